The summed E-state index contributed by atoms with van der Waals surface area (Å²) < 4.78 is 11.0. The zero-order valence-corrected chi connectivity index (χ0v) is 9.63. The summed E-state index contributed by atoms with van der Waals surface area (Å²) in [5, 5.41) is 0. The van der Waals surface area contributed by atoms with E-state index in [0.717, 1.165) is 0 Å². The zero-order valence-electron chi connectivity index (χ0n) is 9.63. The molecule has 0 N–H and O–H groups in total. The molecule has 18 heavy (non-hydrogen) atoms. The molecule has 90 valence electrons. The molecule has 4 nitrogen and oxygen atoms in total. The lowest BCUT2D eigenvalue weighted by Gasteiger charge is -2.20. The van der Waals surface area contributed by atoms with Gasteiger partial charge in [0.2, 0.25) is 0 Å². The van der Waals surface area contributed by atoms with Gasteiger partial charge in [-0.2, -0.15) is 0 Å². The highest BCUT2D eigenvalue weighted by Crippen LogP contribution is 2.34. The van der Waals surface area contributed by atoms with Crippen LogP contribution in [0.4, 0.5) is 0 Å². The van der Waals surface area contributed by atoms with E-state index < -0.39 is 0 Å². The molecule has 0 aliphatic carbocycles. The third-order valence-corrected chi connectivity index (χ3v) is 2.73. The maximum Gasteiger partial charge on any atom is 0.198 e. The minimum atomic E-state index is -0.106. The molecular formula is C14H11NO3. The maximum atomic E-state index is 12.3. The number of nitrogens with zero attached hydrogens (tertiary/aromatic N) is 1. The molecule has 0 amide bonds. The first-order chi connectivity index (χ1) is 8.86. The van der Waals surface area contributed by atoms with Crippen LogP contribution in [0.3, 0.4) is 0 Å². The Kier molecular flexibility index (Phi) is 2.68. The number of ketones is 1. The van der Waals surface area contributed by atoms with Crippen molar-refractivity contribution in [1.82, 2.24) is 4.98 Å². The number of carbonyl (C=O) groups excluding carboxylic acids is 1. The predicted octanol–water partition coefficient (Wildman–Crippen LogP) is 2.08. The number of carbonyl (C=O) groups is 1. The average molecular weight is 241 g/mol. The fourth-order valence-corrected chi connectivity index (χ4v) is 1.91. The average Bonchev–Trinajstić information content (AvgIpc) is 2.47. The number of hydrogen-bond acceptors (Lipinski definition) is 4. The van der Waals surface area contributed by atoms with Gasteiger partial charge in [0.25, 0.3) is 0 Å². The van der Waals surface area contributed by atoms with Gasteiger partial charge in [-0.1, -0.05) is 6.07 Å². The van der Waals surface area contributed by atoms with Crippen molar-refractivity contribution < 1.29 is 14.3 Å². The third kappa shape index (κ3) is 1.82. The van der Waals surface area contributed by atoms with Crippen LogP contribution in [0.25, 0.3) is 0 Å². The Morgan fingerprint density at radius 1 is 1.11 bits per heavy atom. The Morgan fingerprint density at radius 2 is 2.00 bits per heavy atom. The molecule has 2 heterocycles. The third-order valence-electron chi connectivity index (χ3n) is 2.73. The van der Waals surface area contributed by atoms with Gasteiger partial charge in [0.15, 0.2) is 17.3 Å². The van der Waals surface area contributed by atoms with Crippen LogP contribution >= 0.6 is 0 Å². The van der Waals surface area contributed by atoms with E-state index in [-0.39, 0.29) is 5.78 Å². The molecule has 1 aromatic heterocycles. The van der Waals surface area contributed by atoms with Crippen LogP contribution in [0.1, 0.15) is 15.9 Å². The molecule has 0 radical (unpaired) electrons. The van der Waals surface area contributed by atoms with E-state index in [9.17, 15) is 4.79 Å². The van der Waals surface area contributed by atoms with E-state index in [0.29, 0.717) is 35.8 Å². The van der Waals surface area contributed by atoms with Crippen molar-refractivity contribution in [3.8, 4) is 11.5 Å². The van der Waals surface area contributed by atoms with E-state index in [1.165, 1.54) is 0 Å². The summed E-state index contributed by atoms with van der Waals surface area (Å²) in [5.74, 6) is 1.04. The molecule has 0 saturated carbocycles. The number of para-hydroxylation sites is 1. The van der Waals surface area contributed by atoms with Gasteiger partial charge >= 0.3 is 0 Å². The number of pyridine rings is 1. The largest absolute Gasteiger partial charge is 0.486 e. The summed E-state index contributed by atoms with van der Waals surface area (Å²) >= 11 is 0. The molecule has 1 aliphatic heterocycles. The number of benzene rings is 1. The number of hydrogen-bond donors (Lipinski definition) is 0. The lowest BCUT2D eigenvalue weighted by Crippen LogP contribution is -2.18. The highest BCUT2D eigenvalue weighted by Gasteiger charge is 2.21. The van der Waals surface area contributed by atoms with E-state index >= 15 is 0 Å². The molecule has 0 bridgehead atoms. The molecule has 0 saturated heterocycles. The van der Waals surface area contributed by atoms with E-state index in [1.807, 2.05) is 0 Å². The lowest BCUT2D eigenvalue weighted by molar-refractivity contribution is 0.102. The summed E-state index contributed by atoms with van der Waals surface area (Å²) in [4.78, 5) is 16.3. The summed E-state index contributed by atoms with van der Waals surface area (Å²) in [5.41, 5.74) is 1.06. The zero-order chi connectivity index (χ0) is 12.4. The van der Waals surface area contributed by atoms with Crippen molar-refractivity contribution in [3.05, 3.63) is 53.9 Å². The van der Waals surface area contributed by atoms with Gasteiger partial charge < -0.3 is 9.47 Å². The normalized spacial score (nSPS) is 13.1. The predicted molar refractivity (Wildman–Crippen MR) is 65.1 cm³/mol. The van der Waals surface area contributed by atoms with Gasteiger partial charge in [-0.3, -0.25) is 9.78 Å². The molecule has 4 heteroatoms. The van der Waals surface area contributed by atoms with Gasteiger partial charge in [0, 0.05) is 18.0 Å². The van der Waals surface area contributed by atoms with E-state index in [1.54, 1.807) is 42.7 Å². The van der Waals surface area contributed by atoms with Crippen molar-refractivity contribution >= 4 is 5.78 Å². The molecule has 0 fully saturated rings. The fourth-order valence-electron chi connectivity index (χ4n) is 1.91. The van der Waals surface area contributed by atoms with Gasteiger partial charge in [-0.25, -0.2) is 0 Å². The Balaban J connectivity index is 2.05. The topological polar surface area (TPSA) is 48.4 Å². The SMILES string of the molecule is O=C(c1cccnc1)c1cccc2c1OCCO2. The molecule has 0 unspecified atom stereocenters. The van der Waals surface area contributed by atoms with Crippen molar-refractivity contribution in [2.24, 2.45) is 0 Å². The Hall–Kier alpha value is -2.36. The number of ether oxygens (including phenoxy) is 2. The first-order valence-electron chi connectivity index (χ1n) is 5.69. The van der Waals surface area contributed by atoms with Crippen molar-refractivity contribution in [2.45, 2.75) is 0 Å². The van der Waals surface area contributed by atoms with Crippen molar-refractivity contribution in [2.75, 3.05) is 13.2 Å². The number of fused-ring (bicyclic) bond motifs is 1. The fraction of sp³-hybridized carbons (Fsp3) is 0.143. The Bertz CT molecular complexity index is 581. The number of aromatic nitrogens is 1. The van der Waals surface area contributed by atoms with Gasteiger partial charge in [0.1, 0.15) is 13.2 Å². The standard InChI is InChI=1S/C14H11NO3/c16-13(10-3-2-6-15-9-10)11-4-1-5-12-14(11)18-8-7-17-12/h1-6,9H,7-8H2. The molecule has 3 rings (SSSR count). The minimum absolute atomic E-state index is 0.106. The highest BCUT2D eigenvalue weighted by molar-refractivity contribution is 6.11. The molecular weight excluding hydrogens is 230 g/mol. The second-order valence-corrected chi connectivity index (χ2v) is 3.90. The van der Waals surface area contributed by atoms with Crippen LogP contribution in [-0.4, -0.2) is 24.0 Å². The van der Waals surface area contributed by atoms with Crippen LogP contribution in [0.5, 0.6) is 11.5 Å². The highest BCUT2D eigenvalue weighted by atomic mass is 16.6. The van der Waals surface area contributed by atoms with Crippen LogP contribution in [0.2, 0.25) is 0 Å². The van der Waals surface area contributed by atoms with E-state index in [2.05, 4.69) is 4.98 Å². The van der Waals surface area contributed by atoms with Gasteiger partial charge in [-0.15, -0.1) is 0 Å². The van der Waals surface area contributed by atoms with Crippen molar-refractivity contribution in [3.63, 3.8) is 0 Å². The minimum Gasteiger partial charge on any atom is -0.486 e. The molecule has 1 aliphatic rings. The summed E-state index contributed by atoms with van der Waals surface area (Å²) in [7, 11) is 0. The quantitative estimate of drug-likeness (QED) is 0.755. The molecule has 1 aromatic carbocycles. The van der Waals surface area contributed by atoms with Crippen molar-refractivity contribution in [1.29, 1.82) is 0 Å². The van der Waals surface area contributed by atoms with Gasteiger partial charge in [-0.05, 0) is 24.3 Å². The summed E-state index contributed by atoms with van der Waals surface area (Å²) in [6.45, 7) is 0.974. The first-order valence-corrected chi connectivity index (χ1v) is 5.69. The molecule has 2 aromatic rings. The monoisotopic (exact) mass is 241 g/mol. The molecule has 0 spiro atoms. The van der Waals surface area contributed by atoms with E-state index in [4.69, 9.17) is 9.47 Å². The van der Waals surface area contributed by atoms with Crippen LogP contribution < -0.4 is 9.47 Å². The van der Waals surface area contributed by atoms with Gasteiger partial charge in [0.05, 0.1) is 5.56 Å². The number of rotatable bonds is 2. The summed E-state index contributed by atoms with van der Waals surface area (Å²) in [6, 6.07) is 8.80. The molecule has 0 atom stereocenters. The Morgan fingerprint density at radius 3 is 2.83 bits per heavy atom. The van der Waals surface area contributed by atoms with Crippen LogP contribution in [0, 0.1) is 0 Å². The second-order valence-electron chi connectivity index (χ2n) is 3.90. The maximum absolute atomic E-state index is 12.3. The lowest BCUT2D eigenvalue weighted by atomic mass is 10.0. The van der Waals surface area contributed by atoms with Crippen LogP contribution in [0.15, 0.2) is 42.7 Å². The summed E-state index contributed by atoms with van der Waals surface area (Å²) in [6.07, 6.45) is 3.18. The smallest absolute Gasteiger partial charge is 0.198 e. The first kappa shape index (κ1) is 10.8. The van der Waals surface area contributed by atoms with Crippen LogP contribution in [-0.2, 0) is 0 Å². The Labute approximate surface area is 104 Å². The second kappa shape index (κ2) is 4.49.